The van der Waals surface area contributed by atoms with E-state index in [-0.39, 0.29) is 23.7 Å². The highest BCUT2D eigenvalue weighted by Crippen LogP contribution is 2.31. The first-order valence-corrected chi connectivity index (χ1v) is 8.39. The Labute approximate surface area is 147 Å². The van der Waals surface area contributed by atoms with E-state index >= 15 is 0 Å². The van der Waals surface area contributed by atoms with Crippen molar-refractivity contribution in [3.05, 3.63) is 42.5 Å². The summed E-state index contributed by atoms with van der Waals surface area (Å²) in [6.45, 7) is 3.94. The van der Waals surface area contributed by atoms with E-state index in [0.717, 1.165) is 16.5 Å². The summed E-state index contributed by atoms with van der Waals surface area (Å²) in [7, 11) is 0. The van der Waals surface area contributed by atoms with Crippen LogP contribution in [0.1, 0.15) is 33.1 Å². The van der Waals surface area contributed by atoms with Crippen molar-refractivity contribution in [2.75, 3.05) is 6.61 Å². The lowest BCUT2D eigenvalue weighted by Crippen LogP contribution is -2.32. The van der Waals surface area contributed by atoms with Crippen LogP contribution in [-0.4, -0.2) is 24.0 Å². The maximum atomic E-state index is 12.0. The van der Waals surface area contributed by atoms with Crippen LogP contribution in [0.2, 0.25) is 0 Å². The summed E-state index contributed by atoms with van der Waals surface area (Å²) in [4.78, 5) is 23.8. The van der Waals surface area contributed by atoms with E-state index in [1.54, 1.807) is 0 Å². The smallest absolute Gasteiger partial charge is 0.277 e. The first kappa shape index (κ1) is 17.1. The van der Waals surface area contributed by atoms with Crippen molar-refractivity contribution in [3.8, 4) is 5.75 Å². The van der Waals surface area contributed by atoms with Gasteiger partial charge in [0.2, 0.25) is 0 Å². The number of Topliss-reactive ketones (excluding diaryl/α,β-unsaturated/α-hetero) is 1. The number of fused-ring (bicyclic) bond motifs is 1. The quantitative estimate of drug-likeness (QED) is 0.868. The van der Waals surface area contributed by atoms with E-state index in [4.69, 9.17) is 4.74 Å². The van der Waals surface area contributed by atoms with E-state index in [0.29, 0.717) is 25.0 Å². The van der Waals surface area contributed by atoms with Gasteiger partial charge in [0.05, 0.1) is 0 Å². The van der Waals surface area contributed by atoms with Crippen molar-refractivity contribution >= 4 is 28.2 Å². The molecule has 1 amide bonds. The molecule has 3 rings (SSSR count). The molecule has 0 saturated heterocycles. The van der Waals surface area contributed by atoms with Gasteiger partial charge in [0.25, 0.3) is 5.91 Å². The maximum Gasteiger partial charge on any atom is 0.277 e. The Morgan fingerprint density at radius 2 is 1.92 bits per heavy atom. The molecule has 2 aromatic carbocycles. The Hall–Kier alpha value is -2.69. The molecule has 0 heterocycles. The fraction of sp³-hybridized carbons (Fsp3) is 0.350. The van der Waals surface area contributed by atoms with Gasteiger partial charge >= 0.3 is 0 Å². The summed E-state index contributed by atoms with van der Waals surface area (Å²) < 4.78 is 5.63. The number of carbonyl (C=O) groups excluding carboxylic acids is 2. The molecule has 0 spiro atoms. The molecule has 1 saturated carbocycles. The molecule has 0 aliphatic heterocycles. The summed E-state index contributed by atoms with van der Waals surface area (Å²) in [5.74, 6) is 0.488. The van der Waals surface area contributed by atoms with Crippen molar-refractivity contribution < 1.29 is 14.3 Å². The molecule has 0 atom stereocenters. The zero-order chi connectivity index (χ0) is 17.9. The monoisotopic (exact) mass is 338 g/mol. The molecule has 25 heavy (non-hydrogen) atoms. The van der Waals surface area contributed by atoms with Crippen LogP contribution in [0.5, 0.6) is 5.75 Å². The standard InChI is InChI=1S/C20H22N2O3/c1-20(2)11-15(10-16(23)12-20)21-22-19(24)13-25-18-9-5-7-14-6-3-4-8-17(14)18/h3-9H,10-13H2,1-2H3,(H,22,24)/b21-15+. The molecule has 130 valence electrons. The topological polar surface area (TPSA) is 67.8 Å². The van der Waals surface area contributed by atoms with Crippen LogP contribution in [0.3, 0.4) is 0 Å². The van der Waals surface area contributed by atoms with Crippen molar-refractivity contribution in [3.63, 3.8) is 0 Å². The average molecular weight is 338 g/mol. The van der Waals surface area contributed by atoms with Crippen molar-refractivity contribution in [1.29, 1.82) is 0 Å². The molecular formula is C20H22N2O3. The normalized spacial score (nSPS) is 18.3. The van der Waals surface area contributed by atoms with E-state index in [2.05, 4.69) is 10.5 Å². The Balaban J connectivity index is 1.59. The van der Waals surface area contributed by atoms with Crippen LogP contribution < -0.4 is 10.2 Å². The summed E-state index contributed by atoms with van der Waals surface area (Å²) in [5.41, 5.74) is 3.12. The fourth-order valence-corrected chi connectivity index (χ4v) is 3.22. The largest absolute Gasteiger partial charge is 0.483 e. The van der Waals surface area contributed by atoms with Crippen molar-refractivity contribution in [2.24, 2.45) is 10.5 Å². The van der Waals surface area contributed by atoms with Gasteiger partial charge in [-0.2, -0.15) is 5.10 Å². The van der Waals surface area contributed by atoms with Gasteiger partial charge in [0.15, 0.2) is 6.61 Å². The van der Waals surface area contributed by atoms with Crippen LogP contribution >= 0.6 is 0 Å². The summed E-state index contributed by atoms with van der Waals surface area (Å²) in [5, 5.41) is 6.14. The number of hydrazone groups is 1. The highest BCUT2D eigenvalue weighted by atomic mass is 16.5. The lowest BCUT2D eigenvalue weighted by atomic mass is 9.76. The van der Waals surface area contributed by atoms with Crippen molar-refractivity contribution in [1.82, 2.24) is 5.43 Å². The van der Waals surface area contributed by atoms with Gasteiger partial charge in [-0.1, -0.05) is 50.2 Å². The minimum atomic E-state index is -0.337. The fourth-order valence-electron chi connectivity index (χ4n) is 3.22. The number of hydrogen-bond acceptors (Lipinski definition) is 4. The Bertz CT molecular complexity index is 834. The maximum absolute atomic E-state index is 12.0. The molecule has 0 bridgehead atoms. The summed E-state index contributed by atoms with van der Waals surface area (Å²) >= 11 is 0. The number of benzene rings is 2. The Morgan fingerprint density at radius 3 is 2.72 bits per heavy atom. The van der Waals surface area contributed by atoms with Gasteiger partial charge in [0, 0.05) is 23.9 Å². The molecule has 1 fully saturated rings. The van der Waals surface area contributed by atoms with Gasteiger partial charge in [-0.25, -0.2) is 5.43 Å². The second-order valence-corrected chi connectivity index (χ2v) is 7.21. The minimum absolute atomic E-state index is 0.0989. The van der Waals surface area contributed by atoms with Gasteiger partial charge in [-0.05, 0) is 23.3 Å². The zero-order valence-corrected chi connectivity index (χ0v) is 14.5. The highest BCUT2D eigenvalue weighted by molar-refractivity contribution is 6.05. The van der Waals surface area contributed by atoms with Gasteiger partial charge < -0.3 is 4.74 Å². The van der Waals surface area contributed by atoms with Crippen LogP contribution in [0.4, 0.5) is 0 Å². The summed E-state index contributed by atoms with van der Waals surface area (Å²) in [6.07, 6.45) is 1.58. The number of ketones is 1. The van der Waals surface area contributed by atoms with Gasteiger partial charge in [0.1, 0.15) is 11.5 Å². The predicted molar refractivity (Wildman–Crippen MR) is 97.7 cm³/mol. The second kappa shape index (κ2) is 7.05. The second-order valence-electron chi connectivity index (χ2n) is 7.21. The molecular weight excluding hydrogens is 316 g/mol. The van der Waals surface area contributed by atoms with E-state index in [1.807, 2.05) is 56.3 Å². The van der Waals surface area contributed by atoms with Crippen molar-refractivity contribution in [2.45, 2.75) is 33.1 Å². The predicted octanol–water partition coefficient (Wildman–Crippen LogP) is 3.47. The molecule has 2 aromatic rings. The Kier molecular flexibility index (Phi) is 4.83. The van der Waals surface area contributed by atoms with E-state index in [9.17, 15) is 9.59 Å². The molecule has 5 nitrogen and oxygen atoms in total. The molecule has 1 aliphatic rings. The summed E-state index contributed by atoms with van der Waals surface area (Å²) in [6, 6.07) is 13.6. The third-order valence-corrected chi connectivity index (χ3v) is 4.21. The molecule has 0 aromatic heterocycles. The first-order valence-electron chi connectivity index (χ1n) is 8.39. The minimum Gasteiger partial charge on any atom is -0.483 e. The lowest BCUT2D eigenvalue weighted by molar-refractivity contribution is -0.123. The number of amides is 1. The third kappa shape index (κ3) is 4.44. The zero-order valence-electron chi connectivity index (χ0n) is 14.5. The third-order valence-electron chi connectivity index (χ3n) is 4.21. The number of carbonyl (C=O) groups is 2. The number of nitrogens with zero attached hydrogens (tertiary/aromatic N) is 1. The van der Waals surface area contributed by atoms with Crippen LogP contribution in [0.25, 0.3) is 10.8 Å². The Morgan fingerprint density at radius 1 is 1.16 bits per heavy atom. The number of rotatable bonds is 4. The average Bonchev–Trinajstić information content (AvgIpc) is 2.56. The van der Waals surface area contributed by atoms with Gasteiger partial charge in [-0.3, -0.25) is 9.59 Å². The number of nitrogens with one attached hydrogen (secondary N) is 1. The molecule has 1 N–H and O–H groups in total. The molecule has 5 heteroatoms. The van der Waals surface area contributed by atoms with Crippen LogP contribution in [-0.2, 0) is 9.59 Å². The van der Waals surface area contributed by atoms with Gasteiger partial charge in [-0.15, -0.1) is 0 Å². The van der Waals surface area contributed by atoms with Crippen LogP contribution in [0.15, 0.2) is 47.6 Å². The first-order chi connectivity index (χ1) is 11.9. The molecule has 1 aliphatic carbocycles. The SMILES string of the molecule is CC1(C)CC(=O)C/C(=N\NC(=O)COc2cccc3ccccc23)C1. The van der Waals surface area contributed by atoms with E-state index in [1.165, 1.54) is 0 Å². The number of ether oxygens (including phenoxy) is 1. The van der Waals surface area contributed by atoms with Crippen LogP contribution in [0, 0.1) is 5.41 Å². The lowest BCUT2D eigenvalue weighted by Gasteiger charge is -2.28. The molecule has 0 radical (unpaired) electrons. The molecule has 0 unspecified atom stereocenters. The van der Waals surface area contributed by atoms with E-state index < -0.39 is 0 Å². The number of hydrogen-bond donors (Lipinski definition) is 1. The highest BCUT2D eigenvalue weighted by Gasteiger charge is 2.30.